The number of hydrogen-bond acceptors (Lipinski definition) is 4. The van der Waals surface area contributed by atoms with Crippen molar-refractivity contribution in [3.63, 3.8) is 0 Å². The number of nitrogens with zero attached hydrogens (tertiary/aromatic N) is 2. The molecule has 1 aromatic heterocycles. The summed E-state index contributed by atoms with van der Waals surface area (Å²) in [5.74, 6) is -0.166. The van der Waals surface area contributed by atoms with Crippen LogP contribution in [-0.4, -0.2) is 9.97 Å². The molecule has 182 valence electrons. The minimum Gasteiger partial charge on any atom is -0.340 e. The molecule has 0 bridgehead atoms. The number of halogens is 3. The summed E-state index contributed by atoms with van der Waals surface area (Å²) < 4.78 is 40.9. The van der Waals surface area contributed by atoms with Gasteiger partial charge in [-0.25, -0.2) is 4.98 Å². The van der Waals surface area contributed by atoms with E-state index in [-0.39, 0.29) is 11.8 Å². The highest BCUT2D eigenvalue weighted by atomic mass is 19.4. The summed E-state index contributed by atoms with van der Waals surface area (Å²) in [4.78, 5) is 8.07. The van der Waals surface area contributed by atoms with Crippen molar-refractivity contribution in [1.29, 1.82) is 0 Å². The normalized spacial score (nSPS) is 11.4. The zero-order valence-corrected chi connectivity index (χ0v) is 19.9. The molecule has 2 aromatic carbocycles. The van der Waals surface area contributed by atoms with E-state index in [1.807, 2.05) is 42.5 Å². The van der Waals surface area contributed by atoms with E-state index in [1.54, 1.807) is 6.07 Å². The lowest BCUT2D eigenvalue weighted by atomic mass is 10.1. The molecule has 4 nitrogen and oxygen atoms in total. The first-order chi connectivity index (χ1) is 16.4. The number of unbranched alkanes of at least 4 members (excludes halogenated alkanes) is 4. The van der Waals surface area contributed by atoms with Crippen LogP contribution < -0.4 is 10.6 Å². The molecule has 3 aromatic rings. The molecule has 0 aliphatic rings. The average Bonchev–Trinajstić information content (AvgIpc) is 2.81. The predicted octanol–water partition coefficient (Wildman–Crippen LogP) is 8.45. The summed E-state index contributed by atoms with van der Waals surface area (Å²) in [6.45, 7) is 4.31. The van der Waals surface area contributed by atoms with E-state index < -0.39 is 11.7 Å². The Morgan fingerprint density at radius 1 is 0.765 bits per heavy atom. The van der Waals surface area contributed by atoms with Gasteiger partial charge < -0.3 is 10.6 Å². The van der Waals surface area contributed by atoms with E-state index in [0.29, 0.717) is 5.69 Å². The third-order valence-corrected chi connectivity index (χ3v) is 5.63. The van der Waals surface area contributed by atoms with Crippen molar-refractivity contribution < 1.29 is 13.2 Å². The van der Waals surface area contributed by atoms with Crippen LogP contribution in [0.3, 0.4) is 0 Å². The van der Waals surface area contributed by atoms with Crippen molar-refractivity contribution in [3.05, 3.63) is 71.4 Å². The maximum atomic E-state index is 13.6. The Bertz CT molecular complexity index is 1030. The van der Waals surface area contributed by atoms with Crippen LogP contribution in [0.4, 0.5) is 36.3 Å². The molecule has 0 atom stereocenters. The first kappa shape index (κ1) is 25.5. The lowest BCUT2D eigenvalue weighted by Gasteiger charge is -2.15. The Kier molecular flexibility index (Phi) is 9.31. The fourth-order valence-electron chi connectivity index (χ4n) is 3.71. The Hall–Kier alpha value is -3.09. The van der Waals surface area contributed by atoms with Gasteiger partial charge in [-0.15, -0.1) is 0 Å². The van der Waals surface area contributed by atoms with Gasteiger partial charge in [-0.3, -0.25) is 0 Å². The predicted molar refractivity (Wildman–Crippen MR) is 133 cm³/mol. The summed E-state index contributed by atoms with van der Waals surface area (Å²) >= 11 is 0. The van der Waals surface area contributed by atoms with Gasteiger partial charge in [-0.2, -0.15) is 18.2 Å². The molecular weight excluding hydrogens is 437 g/mol. The number of alkyl halides is 3. The van der Waals surface area contributed by atoms with Gasteiger partial charge in [0.15, 0.2) is 0 Å². The van der Waals surface area contributed by atoms with Gasteiger partial charge in [0.2, 0.25) is 5.95 Å². The number of aromatic nitrogens is 2. The molecule has 2 N–H and O–H groups in total. The average molecular weight is 471 g/mol. The Morgan fingerprint density at radius 3 is 2.21 bits per heavy atom. The minimum absolute atomic E-state index is 0.104. The number of hydrogen-bond donors (Lipinski definition) is 2. The van der Waals surface area contributed by atoms with Gasteiger partial charge in [-0.05, 0) is 61.1 Å². The van der Waals surface area contributed by atoms with Crippen LogP contribution in [-0.2, 0) is 19.0 Å². The van der Waals surface area contributed by atoms with E-state index in [4.69, 9.17) is 0 Å². The SMILES string of the molecule is CCCCCCc1cccc(Nc2nc(Nc3ccc(CCCC)cc3)ncc2C(F)(F)F)c1. The van der Waals surface area contributed by atoms with E-state index in [2.05, 4.69) is 34.4 Å². The molecule has 0 aliphatic heterocycles. The van der Waals surface area contributed by atoms with Gasteiger partial charge in [0.05, 0.1) is 0 Å². The molecule has 0 amide bonds. The van der Waals surface area contributed by atoms with E-state index in [0.717, 1.165) is 62.4 Å². The monoisotopic (exact) mass is 470 g/mol. The molecule has 3 rings (SSSR count). The zero-order valence-electron chi connectivity index (χ0n) is 19.9. The first-order valence-electron chi connectivity index (χ1n) is 12.0. The third kappa shape index (κ3) is 7.75. The van der Waals surface area contributed by atoms with Crippen LogP contribution in [0.25, 0.3) is 0 Å². The molecule has 0 radical (unpaired) electrons. The van der Waals surface area contributed by atoms with Crippen LogP contribution in [0.5, 0.6) is 0 Å². The molecule has 0 spiro atoms. The highest BCUT2D eigenvalue weighted by Gasteiger charge is 2.35. The van der Waals surface area contributed by atoms with Crippen LogP contribution >= 0.6 is 0 Å². The largest absolute Gasteiger partial charge is 0.421 e. The van der Waals surface area contributed by atoms with Crippen LogP contribution in [0.15, 0.2) is 54.7 Å². The second kappa shape index (κ2) is 12.4. The minimum atomic E-state index is -4.57. The summed E-state index contributed by atoms with van der Waals surface area (Å²) in [7, 11) is 0. The Labute approximate surface area is 200 Å². The van der Waals surface area contributed by atoms with Gasteiger partial charge >= 0.3 is 6.18 Å². The summed E-state index contributed by atoms with van der Waals surface area (Å²) in [6.07, 6.45) is 4.94. The number of benzene rings is 2. The van der Waals surface area contributed by atoms with Crippen molar-refractivity contribution in [1.82, 2.24) is 9.97 Å². The molecule has 0 saturated carbocycles. The van der Waals surface area contributed by atoms with Crippen LogP contribution in [0.1, 0.15) is 69.1 Å². The fourth-order valence-corrected chi connectivity index (χ4v) is 3.71. The van der Waals surface area contributed by atoms with Crippen molar-refractivity contribution in [2.24, 2.45) is 0 Å². The van der Waals surface area contributed by atoms with Gasteiger partial charge in [0.25, 0.3) is 0 Å². The summed E-state index contributed by atoms with van der Waals surface area (Å²) in [5, 5.41) is 5.88. The van der Waals surface area contributed by atoms with Crippen LogP contribution in [0.2, 0.25) is 0 Å². The van der Waals surface area contributed by atoms with Crippen molar-refractivity contribution >= 4 is 23.1 Å². The van der Waals surface area contributed by atoms with Gasteiger partial charge in [0, 0.05) is 17.6 Å². The second-order valence-corrected chi connectivity index (χ2v) is 8.52. The van der Waals surface area contributed by atoms with Crippen molar-refractivity contribution in [3.8, 4) is 0 Å². The number of aryl methyl sites for hydroxylation is 2. The highest BCUT2D eigenvalue weighted by molar-refractivity contribution is 5.63. The Balaban J connectivity index is 1.77. The molecule has 1 heterocycles. The van der Waals surface area contributed by atoms with E-state index in [1.165, 1.54) is 12.0 Å². The van der Waals surface area contributed by atoms with Crippen molar-refractivity contribution in [2.45, 2.75) is 71.4 Å². The molecule has 0 unspecified atom stereocenters. The number of anilines is 4. The zero-order chi connectivity index (χ0) is 24.4. The Morgan fingerprint density at radius 2 is 1.50 bits per heavy atom. The summed E-state index contributed by atoms with van der Waals surface area (Å²) in [6, 6.07) is 15.3. The van der Waals surface area contributed by atoms with Gasteiger partial charge in [-0.1, -0.05) is 63.8 Å². The maximum Gasteiger partial charge on any atom is 0.421 e. The lowest BCUT2D eigenvalue weighted by molar-refractivity contribution is -0.137. The third-order valence-electron chi connectivity index (χ3n) is 5.63. The summed E-state index contributed by atoms with van der Waals surface area (Å²) in [5.41, 5.74) is 2.70. The molecular formula is C27H33F3N4. The van der Waals surface area contributed by atoms with E-state index in [9.17, 15) is 13.2 Å². The van der Waals surface area contributed by atoms with E-state index >= 15 is 0 Å². The fraction of sp³-hybridized carbons (Fsp3) is 0.407. The molecule has 0 saturated heterocycles. The maximum absolute atomic E-state index is 13.6. The molecule has 0 fully saturated rings. The molecule has 7 heteroatoms. The quantitative estimate of drug-likeness (QED) is 0.261. The van der Waals surface area contributed by atoms with Crippen molar-refractivity contribution in [2.75, 3.05) is 10.6 Å². The number of nitrogens with one attached hydrogen (secondary N) is 2. The molecule has 34 heavy (non-hydrogen) atoms. The molecule has 0 aliphatic carbocycles. The standard InChI is InChI=1S/C27H33F3N4/c1-3-5-7-8-11-21-12-9-13-23(18-21)32-25-24(27(28,29)30)19-31-26(34-25)33-22-16-14-20(15-17-22)10-6-4-2/h9,12-19H,3-8,10-11H2,1-2H3,(H2,31,32,33,34). The van der Waals surface area contributed by atoms with Crippen LogP contribution in [0, 0.1) is 0 Å². The smallest absolute Gasteiger partial charge is 0.340 e. The highest BCUT2D eigenvalue weighted by Crippen LogP contribution is 2.35. The first-order valence-corrected chi connectivity index (χ1v) is 12.0. The lowest BCUT2D eigenvalue weighted by Crippen LogP contribution is -2.12. The number of rotatable bonds is 12. The van der Waals surface area contributed by atoms with Gasteiger partial charge in [0.1, 0.15) is 11.4 Å². The topological polar surface area (TPSA) is 49.8 Å². The second-order valence-electron chi connectivity index (χ2n) is 8.52.